The van der Waals surface area contributed by atoms with E-state index in [1.54, 1.807) is 7.11 Å². The number of anilines is 1. The second-order valence-electron chi connectivity index (χ2n) is 5.99. The van der Waals surface area contributed by atoms with Crippen LogP contribution in [-0.2, 0) is 9.53 Å². The molecule has 20 heavy (non-hydrogen) atoms. The summed E-state index contributed by atoms with van der Waals surface area (Å²) in [6, 6.07) is 7.97. The van der Waals surface area contributed by atoms with Crippen molar-refractivity contribution in [1.29, 1.82) is 0 Å². The lowest BCUT2D eigenvalue weighted by Gasteiger charge is -2.22. The highest BCUT2D eigenvalue weighted by molar-refractivity contribution is 6.03. The fraction of sp³-hybridized carbons (Fsp3) is 0.438. The molecule has 2 N–H and O–H groups in total. The van der Waals surface area contributed by atoms with Gasteiger partial charge in [-0.15, -0.1) is 0 Å². The third-order valence-electron chi connectivity index (χ3n) is 3.33. The van der Waals surface area contributed by atoms with Crippen LogP contribution < -0.4 is 5.32 Å². The van der Waals surface area contributed by atoms with Gasteiger partial charge in [0.05, 0.1) is 12.3 Å². The lowest BCUT2D eigenvalue weighted by Crippen LogP contribution is -2.26. The van der Waals surface area contributed by atoms with Crippen molar-refractivity contribution in [2.75, 3.05) is 19.0 Å². The monoisotopic (exact) mass is 274 g/mol. The number of ether oxygens (including phenoxy) is 1. The third kappa shape index (κ3) is 3.20. The van der Waals surface area contributed by atoms with Gasteiger partial charge in [0.15, 0.2) is 0 Å². The van der Waals surface area contributed by atoms with Gasteiger partial charge >= 0.3 is 0 Å². The maximum absolute atomic E-state index is 12.2. The molecule has 0 saturated carbocycles. The molecule has 2 rings (SSSR count). The Morgan fingerprint density at radius 2 is 2.05 bits per heavy atom. The largest absolute Gasteiger partial charge is 0.384 e. The molecule has 0 saturated heterocycles. The second-order valence-corrected chi connectivity index (χ2v) is 5.99. The van der Waals surface area contributed by atoms with E-state index in [0.717, 1.165) is 22.3 Å². The number of benzene rings is 1. The zero-order valence-electron chi connectivity index (χ0n) is 12.5. The summed E-state index contributed by atoms with van der Waals surface area (Å²) in [7, 11) is 1.66. The first kappa shape index (κ1) is 14.6. The van der Waals surface area contributed by atoms with Gasteiger partial charge in [0.25, 0.3) is 0 Å². The molecule has 1 heterocycles. The van der Waals surface area contributed by atoms with E-state index in [1.165, 1.54) is 0 Å². The van der Waals surface area contributed by atoms with Crippen molar-refractivity contribution >= 4 is 22.5 Å². The highest BCUT2D eigenvalue weighted by Gasteiger charge is 2.23. The topological polar surface area (TPSA) is 54.1 Å². The molecule has 4 heteroatoms. The fourth-order valence-electron chi connectivity index (χ4n) is 2.50. The van der Waals surface area contributed by atoms with Crippen molar-refractivity contribution in [1.82, 2.24) is 4.98 Å². The number of aromatic nitrogens is 1. The van der Waals surface area contributed by atoms with Crippen molar-refractivity contribution in [3.63, 3.8) is 0 Å². The molecule has 0 spiro atoms. The van der Waals surface area contributed by atoms with Gasteiger partial charge in [-0.2, -0.15) is 0 Å². The van der Waals surface area contributed by atoms with Gasteiger partial charge in [0, 0.05) is 30.1 Å². The van der Waals surface area contributed by atoms with Gasteiger partial charge in [0.2, 0.25) is 5.91 Å². The molecule has 0 atom stereocenters. The van der Waals surface area contributed by atoms with E-state index < -0.39 is 0 Å². The molecular weight excluding hydrogens is 252 g/mol. The van der Waals surface area contributed by atoms with Crippen LogP contribution in [-0.4, -0.2) is 24.6 Å². The van der Waals surface area contributed by atoms with Gasteiger partial charge in [-0.1, -0.05) is 32.0 Å². The summed E-state index contributed by atoms with van der Waals surface area (Å²) < 4.78 is 5.15. The van der Waals surface area contributed by atoms with E-state index in [4.69, 9.17) is 4.74 Å². The Morgan fingerprint density at radius 3 is 2.75 bits per heavy atom. The number of aromatic amines is 1. The highest BCUT2D eigenvalue weighted by Crippen LogP contribution is 2.28. The van der Waals surface area contributed by atoms with Crippen molar-refractivity contribution in [2.24, 2.45) is 5.41 Å². The molecule has 0 aliphatic heterocycles. The number of fused-ring (bicyclic) bond motifs is 1. The van der Waals surface area contributed by atoms with Gasteiger partial charge in [0.1, 0.15) is 0 Å². The van der Waals surface area contributed by atoms with Crippen LogP contribution in [0.25, 0.3) is 10.9 Å². The minimum atomic E-state index is -0.168. The van der Waals surface area contributed by atoms with Gasteiger partial charge in [-0.3, -0.25) is 4.79 Å². The Hall–Kier alpha value is -1.81. The standard InChI is InChI=1S/C16H22N2O2/c1-11-15(12-7-5-6-8-13(12)17-11)18-14(19)9-16(2,3)10-20-4/h5-8,17H,9-10H2,1-4H3,(H,18,19). The molecular formula is C16H22N2O2. The van der Waals surface area contributed by atoms with Crippen LogP contribution >= 0.6 is 0 Å². The van der Waals surface area contributed by atoms with E-state index in [1.807, 2.05) is 45.0 Å². The lowest BCUT2D eigenvalue weighted by atomic mass is 9.90. The van der Waals surface area contributed by atoms with Crippen molar-refractivity contribution in [3.8, 4) is 0 Å². The Balaban J connectivity index is 2.16. The first-order chi connectivity index (χ1) is 9.43. The maximum atomic E-state index is 12.2. The molecule has 0 bridgehead atoms. The molecule has 0 unspecified atom stereocenters. The van der Waals surface area contributed by atoms with E-state index in [-0.39, 0.29) is 11.3 Å². The average molecular weight is 274 g/mol. The van der Waals surface area contributed by atoms with Crippen molar-refractivity contribution in [3.05, 3.63) is 30.0 Å². The smallest absolute Gasteiger partial charge is 0.225 e. The Bertz CT molecular complexity index is 614. The number of hydrogen-bond acceptors (Lipinski definition) is 2. The van der Waals surface area contributed by atoms with Gasteiger partial charge in [-0.25, -0.2) is 0 Å². The molecule has 0 radical (unpaired) electrons. The zero-order valence-corrected chi connectivity index (χ0v) is 12.5. The van der Waals surface area contributed by atoms with Crippen molar-refractivity contribution < 1.29 is 9.53 Å². The van der Waals surface area contributed by atoms with Crippen LogP contribution in [0.1, 0.15) is 26.0 Å². The maximum Gasteiger partial charge on any atom is 0.225 e. The minimum absolute atomic E-state index is 0.0138. The predicted octanol–water partition coefficient (Wildman–Crippen LogP) is 3.48. The number of amides is 1. The third-order valence-corrected chi connectivity index (χ3v) is 3.33. The van der Waals surface area contributed by atoms with E-state index in [0.29, 0.717) is 13.0 Å². The molecule has 0 fully saturated rings. The Kier molecular flexibility index (Phi) is 4.14. The Morgan fingerprint density at radius 1 is 1.35 bits per heavy atom. The van der Waals surface area contributed by atoms with E-state index >= 15 is 0 Å². The summed E-state index contributed by atoms with van der Waals surface area (Å²) in [5.74, 6) is 0.0138. The highest BCUT2D eigenvalue weighted by atomic mass is 16.5. The van der Waals surface area contributed by atoms with Crippen LogP contribution in [0.5, 0.6) is 0 Å². The summed E-state index contributed by atoms with van der Waals surface area (Å²) in [4.78, 5) is 15.5. The summed E-state index contributed by atoms with van der Waals surface area (Å²) in [6.45, 7) is 6.58. The molecule has 2 aromatic rings. The summed E-state index contributed by atoms with van der Waals surface area (Å²) in [5, 5.41) is 4.07. The lowest BCUT2D eigenvalue weighted by molar-refractivity contribution is -0.118. The first-order valence-electron chi connectivity index (χ1n) is 6.79. The van der Waals surface area contributed by atoms with Crippen molar-refractivity contribution in [2.45, 2.75) is 27.2 Å². The van der Waals surface area contributed by atoms with E-state index in [9.17, 15) is 4.79 Å². The summed E-state index contributed by atoms with van der Waals surface area (Å²) in [5.41, 5.74) is 2.72. The van der Waals surface area contributed by atoms with E-state index in [2.05, 4.69) is 10.3 Å². The fourth-order valence-corrected chi connectivity index (χ4v) is 2.50. The number of methoxy groups -OCH3 is 1. The zero-order chi connectivity index (χ0) is 14.8. The molecule has 0 aliphatic rings. The number of para-hydroxylation sites is 1. The number of carbonyl (C=O) groups excluding carboxylic acids is 1. The number of hydrogen-bond donors (Lipinski definition) is 2. The van der Waals surface area contributed by atoms with Gasteiger partial charge in [-0.05, 0) is 18.4 Å². The van der Waals surface area contributed by atoms with Gasteiger partial charge < -0.3 is 15.0 Å². The number of nitrogens with one attached hydrogen (secondary N) is 2. The quantitative estimate of drug-likeness (QED) is 0.877. The first-order valence-corrected chi connectivity index (χ1v) is 6.79. The molecule has 1 aromatic heterocycles. The van der Waals surface area contributed by atoms with Crippen LogP contribution in [0.2, 0.25) is 0 Å². The number of rotatable bonds is 5. The molecule has 1 aromatic carbocycles. The normalized spacial score (nSPS) is 11.8. The molecule has 1 amide bonds. The van der Waals surface area contributed by atoms with Crippen LogP contribution in [0, 0.1) is 12.3 Å². The molecule has 4 nitrogen and oxygen atoms in total. The summed E-state index contributed by atoms with van der Waals surface area (Å²) >= 11 is 0. The average Bonchev–Trinajstić information content (AvgIpc) is 2.65. The van der Waals surface area contributed by atoms with Crippen LogP contribution in [0.3, 0.4) is 0 Å². The van der Waals surface area contributed by atoms with Crippen LogP contribution in [0.4, 0.5) is 5.69 Å². The van der Waals surface area contributed by atoms with Crippen LogP contribution in [0.15, 0.2) is 24.3 Å². The SMILES string of the molecule is COCC(C)(C)CC(=O)Nc1c(C)[nH]c2ccccc12. The molecule has 0 aliphatic carbocycles. The number of aryl methyl sites for hydroxylation is 1. The number of carbonyl (C=O) groups is 1. The summed E-state index contributed by atoms with van der Waals surface area (Å²) in [6.07, 6.45) is 0.430. The second kappa shape index (κ2) is 5.67. The predicted molar refractivity (Wildman–Crippen MR) is 81.9 cm³/mol. The molecule has 108 valence electrons. The minimum Gasteiger partial charge on any atom is -0.384 e. The Labute approximate surface area is 119 Å². The number of H-pyrrole nitrogens is 1.